The number of benzene rings is 1. The number of carbonyl (C=O) groups is 1. The van der Waals surface area contributed by atoms with Gasteiger partial charge in [-0.15, -0.1) is 0 Å². The van der Waals surface area contributed by atoms with Crippen molar-refractivity contribution >= 4 is 11.5 Å². The second-order valence-electron chi connectivity index (χ2n) is 6.36. The Morgan fingerprint density at radius 3 is 2.70 bits per heavy atom. The molecule has 4 nitrogen and oxygen atoms in total. The van der Waals surface area contributed by atoms with Crippen LogP contribution < -0.4 is 5.32 Å². The Morgan fingerprint density at radius 1 is 1.22 bits per heavy atom. The number of phenols is 1. The monoisotopic (exact) mass is 313 g/mol. The molecule has 1 amide bonds. The van der Waals surface area contributed by atoms with Crippen molar-refractivity contribution in [3.05, 3.63) is 41.8 Å². The molecule has 2 N–H and O–H groups in total. The van der Waals surface area contributed by atoms with E-state index in [1.807, 2.05) is 12.1 Å². The van der Waals surface area contributed by atoms with Crippen molar-refractivity contribution in [3.63, 3.8) is 0 Å². The first-order valence-corrected chi connectivity index (χ1v) is 8.39. The first kappa shape index (κ1) is 15.7. The van der Waals surface area contributed by atoms with Crippen molar-refractivity contribution in [1.82, 2.24) is 5.32 Å². The van der Waals surface area contributed by atoms with Crippen molar-refractivity contribution in [2.75, 3.05) is 0 Å². The minimum atomic E-state index is -0.149. The summed E-state index contributed by atoms with van der Waals surface area (Å²) in [7, 11) is 0. The number of carbonyl (C=O) groups excluding carboxylic acids is 1. The first-order valence-electron chi connectivity index (χ1n) is 8.39. The number of hydrogen-bond donors (Lipinski definition) is 2. The van der Waals surface area contributed by atoms with Gasteiger partial charge in [-0.25, -0.2) is 0 Å². The lowest BCUT2D eigenvalue weighted by molar-refractivity contribution is -0.124. The van der Waals surface area contributed by atoms with Gasteiger partial charge in [0, 0.05) is 18.0 Å². The molecular weight excluding hydrogens is 290 g/mol. The highest BCUT2D eigenvalue weighted by molar-refractivity contribution is 5.77. The van der Waals surface area contributed by atoms with E-state index in [-0.39, 0.29) is 17.8 Å². The molecular formula is C19H23NO3. The Bertz CT molecular complexity index is 608. The van der Waals surface area contributed by atoms with E-state index in [9.17, 15) is 9.90 Å². The lowest BCUT2D eigenvalue weighted by Gasteiger charge is -2.25. The maximum absolute atomic E-state index is 12.2. The van der Waals surface area contributed by atoms with E-state index in [4.69, 9.17) is 4.74 Å². The van der Waals surface area contributed by atoms with Crippen LogP contribution in [0.5, 0.6) is 5.75 Å². The van der Waals surface area contributed by atoms with Gasteiger partial charge in [0.05, 0.1) is 6.42 Å². The summed E-state index contributed by atoms with van der Waals surface area (Å²) < 4.78 is 5.55. The molecule has 0 aromatic heterocycles. The van der Waals surface area contributed by atoms with Gasteiger partial charge < -0.3 is 15.2 Å². The van der Waals surface area contributed by atoms with Crippen LogP contribution in [0.1, 0.15) is 50.5 Å². The van der Waals surface area contributed by atoms with E-state index < -0.39 is 0 Å². The van der Waals surface area contributed by atoms with Crippen molar-refractivity contribution in [2.45, 2.75) is 57.1 Å². The predicted molar refractivity (Wildman–Crippen MR) is 88.7 cm³/mol. The van der Waals surface area contributed by atoms with Gasteiger partial charge in [-0.3, -0.25) is 4.79 Å². The Balaban J connectivity index is 1.53. The van der Waals surface area contributed by atoms with Crippen LogP contribution in [0.25, 0.3) is 5.57 Å². The van der Waals surface area contributed by atoms with Crippen molar-refractivity contribution < 1.29 is 14.6 Å². The molecule has 1 aliphatic carbocycles. The van der Waals surface area contributed by atoms with Crippen LogP contribution in [0.3, 0.4) is 0 Å². The number of phenolic OH excluding ortho intramolecular Hbond substituents is 1. The fraction of sp³-hybridized carbons (Fsp3) is 0.474. The third-order valence-electron chi connectivity index (χ3n) is 4.52. The molecule has 0 saturated heterocycles. The molecule has 1 aliphatic heterocycles. The lowest BCUT2D eigenvalue weighted by Crippen LogP contribution is -2.38. The predicted octanol–water partition coefficient (Wildman–Crippen LogP) is 3.52. The Labute approximate surface area is 136 Å². The van der Waals surface area contributed by atoms with E-state index in [0.29, 0.717) is 18.9 Å². The molecule has 3 rings (SSSR count). The first-order chi connectivity index (χ1) is 11.2. The van der Waals surface area contributed by atoms with Gasteiger partial charge in [0.2, 0.25) is 5.91 Å². The topological polar surface area (TPSA) is 58.6 Å². The summed E-state index contributed by atoms with van der Waals surface area (Å²) in [4.78, 5) is 12.2. The Hall–Kier alpha value is -2.19. The fourth-order valence-corrected chi connectivity index (χ4v) is 3.26. The number of rotatable bonds is 4. The standard InChI is InChI=1S/C19H23NO3/c21-17-8-6-14(7-9-17)15-10-11-23-18(12-15)13-19(22)20-16-4-2-1-3-5-16/h6-9,11,16,18,21H,1-5,12-13H2,(H,20,22). The number of amides is 1. The molecule has 1 saturated carbocycles. The van der Waals surface area contributed by atoms with Gasteiger partial charge in [-0.2, -0.15) is 0 Å². The number of aromatic hydroxyl groups is 1. The summed E-state index contributed by atoms with van der Waals surface area (Å²) in [5.74, 6) is 0.316. The van der Waals surface area contributed by atoms with Gasteiger partial charge in [0.15, 0.2) is 0 Å². The minimum absolute atomic E-state index is 0.0715. The molecule has 0 radical (unpaired) electrons. The minimum Gasteiger partial charge on any atom is -0.508 e. The van der Waals surface area contributed by atoms with E-state index in [2.05, 4.69) is 11.0 Å². The fourth-order valence-electron chi connectivity index (χ4n) is 3.26. The number of hydrogen-bond acceptors (Lipinski definition) is 3. The summed E-state index contributed by atoms with van der Waals surface area (Å²) in [5, 5.41) is 12.5. The maximum atomic E-state index is 12.2. The number of ether oxygens (including phenoxy) is 1. The third-order valence-corrected chi connectivity index (χ3v) is 4.52. The lowest BCUT2D eigenvalue weighted by atomic mass is 9.95. The molecule has 1 aromatic carbocycles. The smallest absolute Gasteiger partial charge is 0.223 e. The molecule has 1 unspecified atom stereocenters. The zero-order valence-corrected chi connectivity index (χ0v) is 13.3. The van der Waals surface area contributed by atoms with E-state index in [0.717, 1.165) is 24.0 Å². The summed E-state index contributed by atoms with van der Waals surface area (Å²) in [6.07, 6.45) is 8.31. The molecule has 1 fully saturated rings. The highest BCUT2D eigenvalue weighted by Crippen LogP contribution is 2.26. The zero-order chi connectivity index (χ0) is 16.1. The van der Waals surface area contributed by atoms with Gasteiger partial charge >= 0.3 is 0 Å². The highest BCUT2D eigenvalue weighted by Gasteiger charge is 2.22. The van der Waals surface area contributed by atoms with Gasteiger partial charge in [-0.1, -0.05) is 37.1 Å². The average Bonchev–Trinajstić information content (AvgIpc) is 2.56. The van der Waals surface area contributed by atoms with Crippen molar-refractivity contribution in [3.8, 4) is 5.75 Å². The SMILES string of the molecule is O=C(CC1CC(c2ccc(O)cc2)=C=CO1)NC1CCCCC1. The second-order valence-corrected chi connectivity index (χ2v) is 6.36. The Morgan fingerprint density at radius 2 is 1.96 bits per heavy atom. The van der Waals surface area contributed by atoms with Crippen LogP contribution in [0.15, 0.2) is 36.3 Å². The largest absolute Gasteiger partial charge is 0.508 e. The molecule has 1 aromatic rings. The van der Waals surface area contributed by atoms with Crippen molar-refractivity contribution in [2.24, 2.45) is 0 Å². The zero-order valence-electron chi connectivity index (χ0n) is 13.3. The normalized spacial score (nSPS) is 21.4. The van der Waals surface area contributed by atoms with Crippen LogP contribution in [0.4, 0.5) is 0 Å². The molecule has 0 bridgehead atoms. The maximum Gasteiger partial charge on any atom is 0.223 e. The van der Waals surface area contributed by atoms with Gasteiger partial charge in [0.1, 0.15) is 18.1 Å². The molecule has 1 heterocycles. The molecule has 122 valence electrons. The van der Waals surface area contributed by atoms with E-state index >= 15 is 0 Å². The summed E-state index contributed by atoms with van der Waals surface area (Å²) >= 11 is 0. The van der Waals surface area contributed by atoms with Crippen LogP contribution in [0, 0.1) is 0 Å². The van der Waals surface area contributed by atoms with E-state index in [1.54, 1.807) is 18.4 Å². The molecule has 0 spiro atoms. The molecule has 2 aliphatic rings. The molecule has 23 heavy (non-hydrogen) atoms. The van der Waals surface area contributed by atoms with Crippen LogP contribution in [-0.2, 0) is 9.53 Å². The number of nitrogens with one attached hydrogen (secondary N) is 1. The Kier molecular flexibility index (Phi) is 5.04. The van der Waals surface area contributed by atoms with Crippen LogP contribution in [0.2, 0.25) is 0 Å². The highest BCUT2D eigenvalue weighted by atomic mass is 16.5. The summed E-state index contributed by atoms with van der Waals surface area (Å²) in [6, 6.07) is 7.36. The van der Waals surface area contributed by atoms with Crippen LogP contribution in [-0.4, -0.2) is 23.2 Å². The average molecular weight is 313 g/mol. The van der Waals surface area contributed by atoms with Crippen molar-refractivity contribution in [1.29, 1.82) is 0 Å². The van der Waals surface area contributed by atoms with Crippen LogP contribution >= 0.6 is 0 Å². The third kappa shape index (κ3) is 4.40. The molecule has 4 heteroatoms. The van der Waals surface area contributed by atoms with Gasteiger partial charge in [0.25, 0.3) is 0 Å². The summed E-state index contributed by atoms with van der Waals surface area (Å²) in [6.45, 7) is 0. The van der Waals surface area contributed by atoms with Gasteiger partial charge in [-0.05, 0) is 30.5 Å². The quantitative estimate of drug-likeness (QED) is 0.836. The summed E-state index contributed by atoms with van der Waals surface area (Å²) in [5.41, 5.74) is 5.10. The van der Waals surface area contributed by atoms with E-state index in [1.165, 1.54) is 19.3 Å². The molecule has 1 atom stereocenters. The second kappa shape index (κ2) is 7.38.